The van der Waals surface area contributed by atoms with Crippen LogP contribution in [0.3, 0.4) is 0 Å². The lowest BCUT2D eigenvalue weighted by Gasteiger charge is -2.50. The van der Waals surface area contributed by atoms with E-state index in [0.717, 1.165) is 44.8 Å². The highest BCUT2D eigenvalue weighted by molar-refractivity contribution is 5.00. The van der Waals surface area contributed by atoms with Crippen LogP contribution in [0.15, 0.2) is 0 Å². The summed E-state index contributed by atoms with van der Waals surface area (Å²) in [6, 6.07) is 0. The molecule has 0 aromatic heterocycles. The fraction of sp³-hybridized carbons (Fsp3) is 1.00. The van der Waals surface area contributed by atoms with Gasteiger partial charge in [-0.1, -0.05) is 6.92 Å². The molecule has 0 aromatic carbocycles. The van der Waals surface area contributed by atoms with Crippen molar-refractivity contribution in [2.75, 3.05) is 27.3 Å². The highest BCUT2D eigenvalue weighted by Crippen LogP contribution is 2.41. The van der Waals surface area contributed by atoms with Gasteiger partial charge in [-0.05, 0) is 64.5 Å². The Morgan fingerprint density at radius 3 is 2.17 bits per heavy atom. The lowest BCUT2D eigenvalue weighted by atomic mass is 9.69. The number of nitrogens with zero attached hydrogens (tertiary/aromatic N) is 1. The highest BCUT2D eigenvalue weighted by atomic mass is 16.5. The Hall–Kier alpha value is -0.120. The first-order chi connectivity index (χ1) is 8.56. The summed E-state index contributed by atoms with van der Waals surface area (Å²) in [6.45, 7) is 3.98. The smallest absolute Gasteiger partial charge is 0.0753 e. The van der Waals surface area contributed by atoms with Crippen LogP contribution in [0.5, 0.6) is 0 Å². The van der Waals surface area contributed by atoms with Gasteiger partial charge in [-0.15, -0.1) is 0 Å². The van der Waals surface area contributed by atoms with Crippen LogP contribution in [0, 0.1) is 11.8 Å². The molecule has 1 N–H and O–H groups in total. The normalized spacial score (nSPS) is 36.8. The van der Waals surface area contributed by atoms with Crippen LogP contribution in [0.4, 0.5) is 0 Å². The molecule has 0 radical (unpaired) electrons. The zero-order valence-electron chi connectivity index (χ0n) is 12.2. The molecule has 0 bridgehead atoms. The van der Waals surface area contributed by atoms with Gasteiger partial charge in [0.25, 0.3) is 0 Å². The standard InChI is InChI=1S/C15H29NO2/c1-12-4-8-15(9-5-12,16(2)3)14(17)13-6-10-18-11-7-13/h12-14,17H,4-11H2,1-3H3. The first kappa shape index (κ1) is 14.3. The van der Waals surface area contributed by atoms with Crippen LogP contribution in [-0.2, 0) is 4.74 Å². The van der Waals surface area contributed by atoms with Gasteiger partial charge in [-0.2, -0.15) is 0 Å². The molecule has 2 rings (SSSR count). The molecule has 1 aliphatic carbocycles. The van der Waals surface area contributed by atoms with E-state index in [1.807, 2.05) is 0 Å². The second kappa shape index (κ2) is 5.89. The van der Waals surface area contributed by atoms with Gasteiger partial charge in [-0.3, -0.25) is 0 Å². The molecule has 2 fully saturated rings. The summed E-state index contributed by atoms with van der Waals surface area (Å²) in [6.07, 6.45) is 6.62. The summed E-state index contributed by atoms with van der Waals surface area (Å²) in [4.78, 5) is 2.29. The molecule has 1 saturated carbocycles. The van der Waals surface area contributed by atoms with E-state index in [2.05, 4.69) is 25.9 Å². The molecule has 106 valence electrons. The molecule has 3 nitrogen and oxygen atoms in total. The van der Waals surface area contributed by atoms with Gasteiger partial charge in [0.2, 0.25) is 0 Å². The fourth-order valence-electron chi connectivity index (χ4n) is 3.74. The second-order valence-electron chi connectivity index (χ2n) is 6.58. The third-order valence-corrected chi connectivity index (χ3v) is 5.29. The molecule has 1 aliphatic heterocycles. The van der Waals surface area contributed by atoms with E-state index in [9.17, 15) is 5.11 Å². The van der Waals surface area contributed by atoms with E-state index >= 15 is 0 Å². The summed E-state index contributed by atoms with van der Waals surface area (Å²) < 4.78 is 5.42. The quantitative estimate of drug-likeness (QED) is 0.840. The van der Waals surface area contributed by atoms with Gasteiger partial charge >= 0.3 is 0 Å². The Bertz CT molecular complexity index is 253. The molecule has 1 heterocycles. The average Bonchev–Trinajstić information content (AvgIpc) is 2.40. The third-order valence-electron chi connectivity index (χ3n) is 5.29. The lowest BCUT2D eigenvalue weighted by Crippen LogP contribution is -2.58. The van der Waals surface area contributed by atoms with E-state index in [0.29, 0.717) is 5.92 Å². The monoisotopic (exact) mass is 255 g/mol. The molecule has 1 unspecified atom stereocenters. The number of aliphatic hydroxyl groups excluding tert-OH is 1. The van der Waals surface area contributed by atoms with E-state index in [1.165, 1.54) is 12.8 Å². The topological polar surface area (TPSA) is 32.7 Å². The molecule has 0 spiro atoms. The zero-order chi connectivity index (χ0) is 13.2. The number of hydrogen-bond donors (Lipinski definition) is 1. The van der Waals surface area contributed by atoms with Gasteiger partial charge in [0.05, 0.1) is 6.10 Å². The van der Waals surface area contributed by atoms with Gasteiger partial charge < -0.3 is 14.7 Å². The van der Waals surface area contributed by atoms with E-state index in [1.54, 1.807) is 0 Å². The maximum atomic E-state index is 10.9. The minimum absolute atomic E-state index is 0.00845. The van der Waals surface area contributed by atoms with Gasteiger partial charge in [0.1, 0.15) is 0 Å². The largest absolute Gasteiger partial charge is 0.391 e. The van der Waals surface area contributed by atoms with Crippen molar-refractivity contribution < 1.29 is 9.84 Å². The number of aliphatic hydroxyl groups is 1. The molecule has 2 aliphatic rings. The molecule has 3 heteroatoms. The number of hydrogen-bond acceptors (Lipinski definition) is 3. The average molecular weight is 255 g/mol. The summed E-state index contributed by atoms with van der Waals surface area (Å²) in [5.41, 5.74) is 0.00845. The molecular formula is C15H29NO2. The first-order valence-corrected chi connectivity index (χ1v) is 7.49. The summed E-state index contributed by atoms with van der Waals surface area (Å²) in [5, 5.41) is 10.9. The molecule has 1 atom stereocenters. The van der Waals surface area contributed by atoms with Crippen LogP contribution in [0.2, 0.25) is 0 Å². The molecule has 0 aromatic rings. The van der Waals surface area contributed by atoms with Crippen LogP contribution in [0.1, 0.15) is 45.4 Å². The zero-order valence-corrected chi connectivity index (χ0v) is 12.2. The second-order valence-corrected chi connectivity index (χ2v) is 6.58. The summed E-state index contributed by atoms with van der Waals surface area (Å²) in [5.74, 6) is 1.24. The van der Waals surface area contributed by atoms with Crippen molar-refractivity contribution in [3.63, 3.8) is 0 Å². The van der Waals surface area contributed by atoms with Crippen molar-refractivity contribution in [3.05, 3.63) is 0 Å². The Labute approximate surface area is 112 Å². The van der Waals surface area contributed by atoms with Crippen molar-refractivity contribution in [2.45, 2.75) is 57.1 Å². The Morgan fingerprint density at radius 2 is 1.67 bits per heavy atom. The Balaban J connectivity index is 2.08. The predicted molar refractivity (Wildman–Crippen MR) is 73.6 cm³/mol. The predicted octanol–water partition coefficient (Wildman–Crippen LogP) is 2.28. The number of rotatable bonds is 3. The minimum atomic E-state index is -0.191. The van der Waals surface area contributed by atoms with E-state index < -0.39 is 0 Å². The third kappa shape index (κ3) is 2.73. The van der Waals surface area contributed by atoms with Crippen LogP contribution in [0.25, 0.3) is 0 Å². The molecule has 1 saturated heterocycles. The van der Waals surface area contributed by atoms with Gasteiger partial charge in [0.15, 0.2) is 0 Å². The van der Waals surface area contributed by atoms with E-state index in [4.69, 9.17) is 4.74 Å². The van der Waals surface area contributed by atoms with Crippen LogP contribution in [-0.4, -0.2) is 49.0 Å². The lowest BCUT2D eigenvalue weighted by molar-refractivity contribution is -0.0904. The van der Waals surface area contributed by atoms with Crippen molar-refractivity contribution in [1.82, 2.24) is 4.90 Å². The molecule has 18 heavy (non-hydrogen) atoms. The maximum Gasteiger partial charge on any atom is 0.0753 e. The van der Waals surface area contributed by atoms with Crippen LogP contribution < -0.4 is 0 Å². The van der Waals surface area contributed by atoms with Crippen molar-refractivity contribution in [2.24, 2.45) is 11.8 Å². The van der Waals surface area contributed by atoms with Crippen molar-refractivity contribution in [3.8, 4) is 0 Å². The summed E-state index contributed by atoms with van der Waals surface area (Å²) >= 11 is 0. The van der Waals surface area contributed by atoms with Gasteiger partial charge in [0, 0.05) is 18.8 Å². The van der Waals surface area contributed by atoms with Crippen molar-refractivity contribution in [1.29, 1.82) is 0 Å². The Morgan fingerprint density at radius 1 is 1.11 bits per heavy atom. The summed E-state index contributed by atoms with van der Waals surface area (Å²) in [7, 11) is 4.27. The Kier molecular flexibility index (Phi) is 4.68. The fourth-order valence-corrected chi connectivity index (χ4v) is 3.74. The highest BCUT2D eigenvalue weighted by Gasteiger charge is 2.45. The minimum Gasteiger partial charge on any atom is -0.391 e. The molecular weight excluding hydrogens is 226 g/mol. The molecule has 0 amide bonds. The van der Waals surface area contributed by atoms with Crippen LogP contribution >= 0.6 is 0 Å². The van der Waals surface area contributed by atoms with Gasteiger partial charge in [-0.25, -0.2) is 0 Å². The SMILES string of the molecule is CC1CCC(C(O)C2CCOCC2)(N(C)C)CC1. The van der Waals surface area contributed by atoms with Crippen molar-refractivity contribution >= 4 is 0 Å². The number of likely N-dealkylation sites (N-methyl/N-ethyl adjacent to an activating group) is 1. The van der Waals surface area contributed by atoms with E-state index in [-0.39, 0.29) is 11.6 Å². The first-order valence-electron chi connectivity index (χ1n) is 7.49. The maximum absolute atomic E-state index is 10.9. The number of ether oxygens (including phenoxy) is 1.